The van der Waals surface area contributed by atoms with Crippen molar-refractivity contribution >= 4 is 15.9 Å². The summed E-state index contributed by atoms with van der Waals surface area (Å²) in [5.74, 6) is 0.807. The molecular formula is C21H28N2O5S. The quantitative estimate of drug-likeness (QED) is 0.710. The average Bonchev–Trinajstić information content (AvgIpc) is 2.68. The van der Waals surface area contributed by atoms with Crippen LogP contribution in [0.2, 0.25) is 0 Å². The van der Waals surface area contributed by atoms with Gasteiger partial charge in [0.2, 0.25) is 15.9 Å². The number of nitrogens with one attached hydrogen (secondary N) is 1. The molecule has 2 rings (SSSR count). The van der Waals surface area contributed by atoms with E-state index in [2.05, 4.69) is 5.32 Å². The van der Waals surface area contributed by atoms with Gasteiger partial charge in [0.15, 0.2) is 0 Å². The molecular weight excluding hydrogens is 392 g/mol. The smallest absolute Gasteiger partial charge is 0.243 e. The first kappa shape index (κ1) is 22.7. The minimum Gasteiger partial charge on any atom is -0.497 e. The molecule has 1 N–H and O–H groups in total. The minimum atomic E-state index is -3.76. The number of rotatable bonds is 8. The SMILES string of the molecule is COc1ccc(C(C)NC(=O)CN(C)S(=O)(=O)c2ccc(C)c(C)c2)c(OC)c1. The zero-order chi connectivity index (χ0) is 21.8. The Hall–Kier alpha value is -2.58. The molecule has 1 unspecified atom stereocenters. The number of hydrogen-bond acceptors (Lipinski definition) is 5. The number of ether oxygens (including phenoxy) is 2. The normalized spacial score (nSPS) is 12.5. The number of aryl methyl sites for hydroxylation is 2. The Labute approximate surface area is 172 Å². The molecule has 7 nitrogen and oxygen atoms in total. The third kappa shape index (κ3) is 5.27. The topological polar surface area (TPSA) is 84.9 Å². The molecule has 29 heavy (non-hydrogen) atoms. The number of carbonyl (C=O) groups is 1. The Bertz CT molecular complexity index is 989. The lowest BCUT2D eigenvalue weighted by atomic mass is 10.1. The molecule has 0 spiro atoms. The van der Waals surface area contributed by atoms with Crippen LogP contribution in [0, 0.1) is 13.8 Å². The lowest BCUT2D eigenvalue weighted by Gasteiger charge is -2.21. The zero-order valence-corrected chi connectivity index (χ0v) is 18.5. The van der Waals surface area contributed by atoms with Gasteiger partial charge in [-0.2, -0.15) is 4.31 Å². The van der Waals surface area contributed by atoms with Gasteiger partial charge in [0, 0.05) is 18.7 Å². The van der Waals surface area contributed by atoms with Crippen molar-refractivity contribution in [2.45, 2.75) is 31.7 Å². The summed E-state index contributed by atoms with van der Waals surface area (Å²) in [6.07, 6.45) is 0. The highest BCUT2D eigenvalue weighted by atomic mass is 32.2. The molecule has 0 bridgehead atoms. The molecule has 1 atom stereocenters. The molecule has 2 aromatic rings. The lowest BCUT2D eigenvalue weighted by Crippen LogP contribution is -2.39. The van der Waals surface area contributed by atoms with Crippen LogP contribution in [0.5, 0.6) is 11.5 Å². The maximum atomic E-state index is 12.8. The molecule has 0 saturated carbocycles. The van der Waals surface area contributed by atoms with Gasteiger partial charge in [0.05, 0.1) is 31.7 Å². The fraction of sp³-hybridized carbons (Fsp3) is 0.381. The molecule has 0 aromatic heterocycles. The third-order valence-corrected chi connectivity index (χ3v) is 6.64. The first-order valence-corrected chi connectivity index (χ1v) is 10.6. The monoisotopic (exact) mass is 420 g/mol. The van der Waals surface area contributed by atoms with Crippen molar-refractivity contribution in [3.63, 3.8) is 0 Å². The third-order valence-electron chi connectivity index (χ3n) is 4.84. The summed E-state index contributed by atoms with van der Waals surface area (Å²) in [6.45, 7) is 5.28. The maximum absolute atomic E-state index is 12.8. The summed E-state index contributed by atoms with van der Waals surface area (Å²) in [4.78, 5) is 12.6. The second kappa shape index (κ2) is 9.28. The van der Waals surface area contributed by atoms with Crippen molar-refractivity contribution in [3.05, 3.63) is 53.1 Å². The highest BCUT2D eigenvalue weighted by molar-refractivity contribution is 7.89. The number of methoxy groups -OCH3 is 2. The van der Waals surface area contributed by atoms with Gasteiger partial charge in [0.1, 0.15) is 11.5 Å². The van der Waals surface area contributed by atoms with Gasteiger partial charge in [-0.05, 0) is 56.2 Å². The highest BCUT2D eigenvalue weighted by Crippen LogP contribution is 2.29. The van der Waals surface area contributed by atoms with E-state index in [1.165, 1.54) is 14.2 Å². The van der Waals surface area contributed by atoms with Crippen LogP contribution in [-0.4, -0.2) is 46.4 Å². The maximum Gasteiger partial charge on any atom is 0.243 e. The largest absolute Gasteiger partial charge is 0.497 e. The molecule has 8 heteroatoms. The number of nitrogens with zero attached hydrogens (tertiary/aromatic N) is 1. The van der Waals surface area contributed by atoms with E-state index < -0.39 is 15.9 Å². The second-order valence-electron chi connectivity index (χ2n) is 6.90. The van der Waals surface area contributed by atoms with Gasteiger partial charge in [-0.15, -0.1) is 0 Å². The van der Waals surface area contributed by atoms with Crippen LogP contribution in [-0.2, 0) is 14.8 Å². The van der Waals surface area contributed by atoms with E-state index in [0.29, 0.717) is 11.5 Å². The fourth-order valence-corrected chi connectivity index (χ4v) is 4.10. The number of benzene rings is 2. The average molecular weight is 421 g/mol. The van der Waals surface area contributed by atoms with Gasteiger partial charge in [0.25, 0.3) is 0 Å². The standard InChI is InChI=1S/C21H28N2O5S/c1-14-7-9-18(11-15(14)2)29(25,26)23(4)13-21(24)22-16(3)19-10-8-17(27-5)12-20(19)28-6/h7-12,16H,13H2,1-6H3,(H,22,24). The van der Waals surface area contributed by atoms with Crippen LogP contribution < -0.4 is 14.8 Å². The molecule has 0 saturated heterocycles. The second-order valence-corrected chi connectivity index (χ2v) is 8.95. The number of sulfonamides is 1. The van der Waals surface area contributed by atoms with E-state index in [-0.39, 0.29) is 17.5 Å². The molecule has 0 aliphatic rings. The Kier molecular flexibility index (Phi) is 7.26. The van der Waals surface area contributed by atoms with Crippen LogP contribution in [0.3, 0.4) is 0 Å². The van der Waals surface area contributed by atoms with E-state index in [0.717, 1.165) is 21.0 Å². The van der Waals surface area contributed by atoms with Gasteiger partial charge in [-0.3, -0.25) is 4.79 Å². The highest BCUT2D eigenvalue weighted by Gasteiger charge is 2.24. The molecule has 2 aromatic carbocycles. The van der Waals surface area contributed by atoms with Crippen molar-refractivity contribution in [2.75, 3.05) is 27.8 Å². The molecule has 0 radical (unpaired) electrons. The summed E-state index contributed by atoms with van der Waals surface area (Å²) >= 11 is 0. The molecule has 0 heterocycles. The molecule has 0 fully saturated rings. The predicted molar refractivity (Wildman–Crippen MR) is 112 cm³/mol. The lowest BCUT2D eigenvalue weighted by molar-refractivity contribution is -0.121. The van der Waals surface area contributed by atoms with Crippen LogP contribution in [0.1, 0.15) is 29.7 Å². The van der Waals surface area contributed by atoms with Crippen LogP contribution in [0.25, 0.3) is 0 Å². The first-order chi connectivity index (χ1) is 13.6. The number of likely N-dealkylation sites (N-methyl/N-ethyl adjacent to an activating group) is 1. The summed E-state index contributed by atoms with van der Waals surface area (Å²) in [5, 5.41) is 2.82. The number of carbonyl (C=O) groups excluding carboxylic acids is 1. The van der Waals surface area contributed by atoms with Crippen molar-refractivity contribution in [2.24, 2.45) is 0 Å². The van der Waals surface area contributed by atoms with E-state index in [4.69, 9.17) is 9.47 Å². The Balaban J connectivity index is 2.10. The van der Waals surface area contributed by atoms with Crippen molar-refractivity contribution in [1.29, 1.82) is 0 Å². The Morgan fingerprint density at radius 2 is 1.76 bits per heavy atom. The predicted octanol–water partition coefficient (Wildman–Crippen LogP) is 2.82. The fourth-order valence-electron chi connectivity index (χ4n) is 2.88. The number of amides is 1. The molecule has 158 valence electrons. The van der Waals surface area contributed by atoms with Crippen LogP contribution >= 0.6 is 0 Å². The van der Waals surface area contributed by atoms with Gasteiger partial charge >= 0.3 is 0 Å². The van der Waals surface area contributed by atoms with Crippen molar-refractivity contribution < 1.29 is 22.7 Å². The van der Waals surface area contributed by atoms with Crippen LogP contribution in [0.4, 0.5) is 0 Å². The number of hydrogen-bond donors (Lipinski definition) is 1. The van der Waals surface area contributed by atoms with E-state index in [1.54, 1.807) is 50.4 Å². The summed E-state index contributed by atoms with van der Waals surface area (Å²) < 4.78 is 37.1. The van der Waals surface area contributed by atoms with Crippen LogP contribution in [0.15, 0.2) is 41.3 Å². The summed E-state index contributed by atoms with van der Waals surface area (Å²) in [7, 11) is 0.727. The van der Waals surface area contributed by atoms with Crippen molar-refractivity contribution in [1.82, 2.24) is 9.62 Å². The van der Waals surface area contributed by atoms with Gasteiger partial charge in [-0.25, -0.2) is 8.42 Å². The van der Waals surface area contributed by atoms with E-state index >= 15 is 0 Å². The first-order valence-electron chi connectivity index (χ1n) is 9.15. The zero-order valence-electron chi connectivity index (χ0n) is 17.6. The minimum absolute atomic E-state index is 0.167. The summed E-state index contributed by atoms with van der Waals surface area (Å²) in [5.41, 5.74) is 2.65. The Morgan fingerprint density at radius 3 is 2.34 bits per heavy atom. The molecule has 1 amide bonds. The van der Waals surface area contributed by atoms with E-state index in [1.807, 2.05) is 13.8 Å². The molecule has 0 aliphatic carbocycles. The molecule has 0 aliphatic heterocycles. The summed E-state index contributed by atoms with van der Waals surface area (Å²) in [6, 6.07) is 9.86. The van der Waals surface area contributed by atoms with E-state index in [9.17, 15) is 13.2 Å². The van der Waals surface area contributed by atoms with Crippen molar-refractivity contribution in [3.8, 4) is 11.5 Å². The van der Waals surface area contributed by atoms with Gasteiger partial charge in [-0.1, -0.05) is 6.07 Å². The van der Waals surface area contributed by atoms with Gasteiger partial charge < -0.3 is 14.8 Å². The Morgan fingerprint density at radius 1 is 1.07 bits per heavy atom.